The molecule has 186 valence electrons. The number of hydrogen-bond donors (Lipinski definition) is 1. The fraction of sp³-hybridized carbons (Fsp3) is 0.167. The SMILES string of the molecule is Cc1noc(C)c1COc1ccc(CC(=O)NCc2cn(-c3ccccc3)nc2-c2ccccc2)cc1. The van der Waals surface area contributed by atoms with Crippen molar-refractivity contribution in [3.05, 3.63) is 119 Å². The third-order valence-corrected chi connectivity index (χ3v) is 6.19. The van der Waals surface area contributed by atoms with E-state index in [1.165, 1.54) is 0 Å². The van der Waals surface area contributed by atoms with E-state index in [0.717, 1.165) is 50.8 Å². The molecule has 0 unspecified atom stereocenters. The monoisotopic (exact) mass is 492 g/mol. The molecule has 0 spiro atoms. The van der Waals surface area contributed by atoms with E-state index >= 15 is 0 Å². The molecule has 5 rings (SSSR count). The average Bonchev–Trinajstić information content (AvgIpc) is 3.51. The molecule has 7 nitrogen and oxygen atoms in total. The van der Waals surface area contributed by atoms with Gasteiger partial charge in [-0.2, -0.15) is 5.10 Å². The van der Waals surface area contributed by atoms with Crippen LogP contribution in [0.5, 0.6) is 5.75 Å². The van der Waals surface area contributed by atoms with Crippen LogP contribution in [0.15, 0.2) is 95.6 Å². The third kappa shape index (κ3) is 5.78. The van der Waals surface area contributed by atoms with Gasteiger partial charge in [0.15, 0.2) is 0 Å². The molecule has 0 fully saturated rings. The number of rotatable bonds is 9. The predicted octanol–water partition coefficient (Wildman–Crippen LogP) is 5.58. The van der Waals surface area contributed by atoms with Gasteiger partial charge in [0, 0.05) is 23.9 Å². The van der Waals surface area contributed by atoms with E-state index < -0.39 is 0 Å². The normalized spacial score (nSPS) is 10.9. The molecule has 1 N–H and O–H groups in total. The summed E-state index contributed by atoms with van der Waals surface area (Å²) in [6, 6.07) is 27.5. The minimum Gasteiger partial charge on any atom is -0.489 e. The number of hydrogen-bond acceptors (Lipinski definition) is 5. The number of carbonyl (C=O) groups excluding carboxylic acids is 1. The van der Waals surface area contributed by atoms with Crippen molar-refractivity contribution < 1.29 is 14.1 Å². The summed E-state index contributed by atoms with van der Waals surface area (Å²) in [7, 11) is 0. The minimum atomic E-state index is -0.0594. The van der Waals surface area contributed by atoms with Gasteiger partial charge in [0.1, 0.15) is 18.1 Å². The fourth-order valence-electron chi connectivity index (χ4n) is 4.10. The Kier molecular flexibility index (Phi) is 7.12. The summed E-state index contributed by atoms with van der Waals surface area (Å²) in [5.74, 6) is 1.43. The Morgan fingerprint density at radius 3 is 2.32 bits per heavy atom. The van der Waals surface area contributed by atoms with Gasteiger partial charge in [-0.05, 0) is 43.7 Å². The number of nitrogens with zero attached hydrogens (tertiary/aromatic N) is 3. The van der Waals surface area contributed by atoms with E-state index in [1.807, 2.05) is 110 Å². The van der Waals surface area contributed by atoms with E-state index in [9.17, 15) is 4.79 Å². The number of nitrogens with one attached hydrogen (secondary N) is 1. The smallest absolute Gasteiger partial charge is 0.224 e. The molecule has 0 bridgehead atoms. The highest BCUT2D eigenvalue weighted by Gasteiger charge is 2.14. The van der Waals surface area contributed by atoms with Crippen LogP contribution >= 0.6 is 0 Å². The van der Waals surface area contributed by atoms with Gasteiger partial charge >= 0.3 is 0 Å². The van der Waals surface area contributed by atoms with Gasteiger partial charge in [-0.1, -0.05) is 65.8 Å². The van der Waals surface area contributed by atoms with E-state index in [2.05, 4.69) is 10.5 Å². The lowest BCUT2D eigenvalue weighted by Crippen LogP contribution is -2.24. The summed E-state index contributed by atoms with van der Waals surface area (Å²) in [6.07, 6.45) is 2.25. The second-order valence-electron chi connectivity index (χ2n) is 8.84. The molecule has 1 amide bonds. The summed E-state index contributed by atoms with van der Waals surface area (Å²) in [5, 5.41) is 11.8. The quantitative estimate of drug-likeness (QED) is 0.290. The largest absolute Gasteiger partial charge is 0.489 e. The van der Waals surface area contributed by atoms with Gasteiger partial charge in [-0.15, -0.1) is 0 Å². The highest BCUT2D eigenvalue weighted by Crippen LogP contribution is 2.24. The predicted molar refractivity (Wildman–Crippen MR) is 141 cm³/mol. The lowest BCUT2D eigenvalue weighted by molar-refractivity contribution is -0.120. The van der Waals surface area contributed by atoms with E-state index in [1.54, 1.807) is 0 Å². The molecule has 7 heteroatoms. The first-order chi connectivity index (χ1) is 18.1. The Balaban J connectivity index is 1.22. The van der Waals surface area contributed by atoms with Crippen LogP contribution in [0.1, 0.15) is 28.1 Å². The number of aryl methyl sites for hydroxylation is 2. The summed E-state index contributed by atoms with van der Waals surface area (Å²) < 4.78 is 12.9. The number of ether oxygens (including phenoxy) is 1. The number of aromatic nitrogens is 3. The zero-order chi connectivity index (χ0) is 25.6. The van der Waals surface area contributed by atoms with Crippen LogP contribution in [0, 0.1) is 13.8 Å². The lowest BCUT2D eigenvalue weighted by atomic mass is 10.1. The van der Waals surface area contributed by atoms with Crippen molar-refractivity contribution in [2.75, 3.05) is 0 Å². The molecule has 0 atom stereocenters. The van der Waals surface area contributed by atoms with Crippen molar-refractivity contribution in [1.82, 2.24) is 20.3 Å². The molecule has 0 aliphatic rings. The maximum Gasteiger partial charge on any atom is 0.224 e. The van der Waals surface area contributed by atoms with Crippen LogP contribution in [0.4, 0.5) is 0 Å². The maximum atomic E-state index is 12.8. The van der Waals surface area contributed by atoms with E-state index in [-0.39, 0.29) is 12.3 Å². The van der Waals surface area contributed by atoms with Gasteiger partial charge in [-0.3, -0.25) is 4.79 Å². The molecule has 37 heavy (non-hydrogen) atoms. The van der Waals surface area contributed by atoms with E-state index in [0.29, 0.717) is 13.2 Å². The molecular weight excluding hydrogens is 464 g/mol. The average molecular weight is 493 g/mol. The molecule has 5 aromatic rings. The van der Waals surface area contributed by atoms with Crippen LogP contribution in [-0.4, -0.2) is 20.8 Å². The molecular formula is C30H28N4O3. The Morgan fingerprint density at radius 2 is 1.65 bits per heavy atom. The van der Waals surface area contributed by atoms with Crippen molar-refractivity contribution >= 4 is 5.91 Å². The van der Waals surface area contributed by atoms with Crippen LogP contribution in [0.3, 0.4) is 0 Å². The summed E-state index contributed by atoms with van der Waals surface area (Å²) in [4.78, 5) is 12.8. The molecule has 0 aliphatic carbocycles. The Bertz CT molecular complexity index is 1450. The Morgan fingerprint density at radius 1 is 0.946 bits per heavy atom. The molecule has 0 radical (unpaired) electrons. The number of benzene rings is 3. The lowest BCUT2D eigenvalue weighted by Gasteiger charge is -2.08. The molecule has 2 heterocycles. The first-order valence-corrected chi connectivity index (χ1v) is 12.2. The Labute approximate surface area is 215 Å². The molecule has 0 saturated heterocycles. The van der Waals surface area contributed by atoms with E-state index in [4.69, 9.17) is 14.4 Å². The first-order valence-electron chi connectivity index (χ1n) is 12.2. The van der Waals surface area contributed by atoms with Gasteiger partial charge in [0.25, 0.3) is 0 Å². The number of para-hydroxylation sites is 1. The zero-order valence-corrected chi connectivity index (χ0v) is 20.8. The second-order valence-corrected chi connectivity index (χ2v) is 8.84. The van der Waals surface area contributed by atoms with Gasteiger partial charge in [-0.25, -0.2) is 4.68 Å². The summed E-state index contributed by atoms with van der Waals surface area (Å²) >= 11 is 0. The van der Waals surface area contributed by atoms with Crippen molar-refractivity contribution in [2.45, 2.75) is 33.4 Å². The number of carbonyl (C=O) groups is 1. The maximum absolute atomic E-state index is 12.8. The highest BCUT2D eigenvalue weighted by molar-refractivity contribution is 5.79. The summed E-state index contributed by atoms with van der Waals surface area (Å²) in [5.41, 5.74) is 6.47. The van der Waals surface area contributed by atoms with Gasteiger partial charge in [0.05, 0.1) is 29.1 Å². The summed E-state index contributed by atoms with van der Waals surface area (Å²) in [6.45, 7) is 4.54. The third-order valence-electron chi connectivity index (χ3n) is 6.19. The Hall–Kier alpha value is -4.65. The molecule has 3 aromatic carbocycles. The van der Waals surface area contributed by atoms with Crippen molar-refractivity contribution in [2.24, 2.45) is 0 Å². The second kappa shape index (κ2) is 11.0. The number of amides is 1. The minimum absolute atomic E-state index is 0.0594. The van der Waals surface area contributed by atoms with Crippen LogP contribution in [-0.2, 0) is 24.4 Å². The highest BCUT2D eigenvalue weighted by atomic mass is 16.5. The molecule has 2 aromatic heterocycles. The van der Waals surface area contributed by atoms with Crippen molar-refractivity contribution in [3.8, 4) is 22.7 Å². The standard InChI is InChI=1S/C30H28N4O3/c1-21-28(22(2)37-33-21)20-36-27-15-13-23(14-16-27)17-29(35)31-18-25-19-34(26-11-7-4-8-12-26)32-30(25)24-9-5-3-6-10-24/h3-16,19H,17-18,20H2,1-2H3,(H,31,35). The van der Waals surface area contributed by atoms with Crippen LogP contribution < -0.4 is 10.1 Å². The van der Waals surface area contributed by atoms with Crippen LogP contribution in [0.25, 0.3) is 16.9 Å². The van der Waals surface area contributed by atoms with Crippen molar-refractivity contribution in [1.29, 1.82) is 0 Å². The topological polar surface area (TPSA) is 82.2 Å². The molecule has 0 saturated carbocycles. The van der Waals surface area contributed by atoms with Crippen molar-refractivity contribution in [3.63, 3.8) is 0 Å². The van der Waals surface area contributed by atoms with Crippen LogP contribution in [0.2, 0.25) is 0 Å². The fourth-order valence-corrected chi connectivity index (χ4v) is 4.10. The zero-order valence-electron chi connectivity index (χ0n) is 20.8. The first kappa shape index (κ1) is 24.1. The molecule has 0 aliphatic heterocycles. The van der Waals surface area contributed by atoms with Gasteiger partial charge < -0.3 is 14.6 Å². The van der Waals surface area contributed by atoms with Gasteiger partial charge in [0.2, 0.25) is 5.91 Å².